The van der Waals surface area contributed by atoms with Crippen molar-refractivity contribution in [3.05, 3.63) is 53.3 Å². The molecule has 0 aliphatic carbocycles. The summed E-state index contributed by atoms with van der Waals surface area (Å²) in [7, 11) is -3.71. The predicted molar refractivity (Wildman–Crippen MR) is 115 cm³/mol. The molecule has 0 N–H and O–H groups in total. The Kier molecular flexibility index (Phi) is 7.87. The van der Waals surface area contributed by atoms with Crippen LogP contribution in [0.2, 0.25) is 0 Å². The van der Waals surface area contributed by atoms with Crippen LogP contribution < -0.4 is 9.64 Å². The van der Waals surface area contributed by atoms with Crippen molar-refractivity contribution in [2.75, 3.05) is 50.7 Å². The number of benzene rings is 2. The van der Waals surface area contributed by atoms with Gasteiger partial charge in [0, 0.05) is 38.1 Å². The molecule has 3 rings (SSSR count). The predicted octanol–water partition coefficient (Wildman–Crippen LogP) is 3.90. The molecule has 1 fully saturated rings. The molecule has 0 radical (unpaired) electrons. The van der Waals surface area contributed by atoms with Crippen LogP contribution >= 0.6 is 0 Å². The standard InChI is InChI=1S/C22H22F6N2O4S/c1-35(32,33)16-3-5-20(34-15(12-23)13-24)17(11-16)21(31)30-8-6-29(7-9-30)14-2-4-18(19(25)10-14)22(26,27)28/h2-5,10-11,15H,6-9,12-13H2,1H3. The summed E-state index contributed by atoms with van der Waals surface area (Å²) in [6.07, 6.45) is -5.36. The number of nitrogens with zero attached hydrogens (tertiary/aromatic N) is 2. The minimum absolute atomic E-state index is 0.0691. The molecule has 1 aliphatic rings. The van der Waals surface area contributed by atoms with Gasteiger partial charge in [-0.3, -0.25) is 4.79 Å². The zero-order valence-corrected chi connectivity index (χ0v) is 19.3. The normalized spacial score (nSPS) is 15.0. The highest BCUT2D eigenvalue weighted by Crippen LogP contribution is 2.33. The Balaban J connectivity index is 1.80. The second-order valence-electron chi connectivity index (χ2n) is 7.92. The van der Waals surface area contributed by atoms with Crippen molar-refractivity contribution in [3.8, 4) is 5.75 Å². The van der Waals surface area contributed by atoms with Crippen LogP contribution in [-0.2, 0) is 16.0 Å². The Bertz CT molecular complexity index is 1180. The highest BCUT2D eigenvalue weighted by atomic mass is 32.2. The van der Waals surface area contributed by atoms with Gasteiger partial charge in [-0.15, -0.1) is 0 Å². The van der Waals surface area contributed by atoms with Gasteiger partial charge in [0.15, 0.2) is 15.9 Å². The van der Waals surface area contributed by atoms with Crippen LogP contribution in [0.5, 0.6) is 5.75 Å². The second kappa shape index (κ2) is 10.3. The van der Waals surface area contributed by atoms with Gasteiger partial charge < -0.3 is 14.5 Å². The molecule has 0 atom stereocenters. The number of amides is 1. The summed E-state index contributed by atoms with van der Waals surface area (Å²) in [6, 6.07) is 5.94. The van der Waals surface area contributed by atoms with Crippen molar-refractivity contribution in [2.45, 2.75) is 17.2 Å². The van der Waals surface area contributed by atoms with Crippen LogP contribution in [0.15, 0.2) is 41.3 Å². The van der Waals surface area contributed by atoms with Crippen molar-refractivity contribution < 1.29 is 44.3 Å². The van der Waals surface area contributed by atoms with E-state index in [1.165, 1.54) is 4.90 Å². The molecule has 1 saturated heterocycles. The lowest BCUT2D eigenvalue weighted by atomic mass is 10.1. The van der Waals surface area contributed by atoms with Crippen molar-refractivity contribution in [2.24, 2.45) is 0 Å². The monoisotopic (exact) mass is 524 g/mol. The van der Waals surface area contributed by atoms with Crippen molar-refractivity contribution >= 4 is 21.4 Å². The maximum Gasteiger partial charge on any atom is 0.419 e. The van der Waals surface area contributed by atoms with Gasteiger partial charge in [-0.25, -0.2) is 21.6 Å². The van der Waals surface area contributed by atoms with E-state index in [2.05, 4.69) is 0 Å². The van der Waals surface area contributed by atoms with Crippen LogP contribution in [0.25, 0.3) is 0 Å². The fourth-order valence-electron chi connectivity index (χ4n) is 3.56. The summed E-state index contributed by atoms with van der Waals surface area (Å²) in [5, 5.41) is 0. The summed E-state index contributed by atoms with van der Waals surface area (Å²) in [5.74, 6) is -2.25. The van der Waals surface area contributed by atoms with E-state index in [-0.39, 0.29) is 48.1 Å². The van der Waals surface area contributed by atoms with Crippen molar-refractivity contribution in [3.63, 3.8) is 0 Å². The number of hydrogen-bond donors (Lipinski definition) is 0. The number of anilines is 1. The molecule has 2 aromatic rings. The molecule has 13 heteroatoms. The number of rotatable bonds is 7. The largest absolute Gasteiger partial charge is 0.484 e. The topological polar surface area (TPSA) is 66.9 Å². The molecular formula is C22H22F6N2O4S. The van der Waals surface area contributed by atoms with E-state index in [9.17, 15) is 39.6 Å². The summed E-state index contributed by atoms with van der Waals surface area (Å²) >= 11 is 0. The fourth-order valence-corrected chi connectivity index (χ4v) is 4.21. The number of carbonyl (C=O) groups is 1. The molecule has 1 aliphatic heterocycles. The number of ether oxygens (including phenoxy) is 1. The molecule has 0 aromatic heterocycles. The Morgan fingerprint density at radius 2 is 1.66 bits per heavy atom. The molecule has 0 saturated carbocycles. The molecule has 1 amide bonds. The van der Waals surface area contributed by atoms with Gasteiger partial charge in [-0.1, -0.05) is 0 Å². The first-order valence-corrected chi connectivity index (χ1v) is 12.3. The number of piperazine rings is 1. The number of hydrogen-bond acceptors (Lipinski definition) is 5. The summed E-state index contributed by atoms with van der Waals surface area (Å²) in [6.45, 7) is -1.90. The molecular weight excluding hydrogens is 502 g/mol. The number of halogens is 6. The van der Waals surface area contributed by atoms with E-state index in [0.717, 1.165) is 36.6 Å². The summed E-state index contributed by atoms with van der Waals surface area (Å²) in [4.78, 5) is 15.9. The fraction of sp³-hybridized carbons (Fsp3) is 0.409. The Morgan fingerprint density at radius 1 is 1.03 bits per heavy atom. The highest BCUT2D eigenvalue weighted by molar-refractivity contribution is 7.90. The average Bonchev–Trinajstić information content (AvgIpc) is 2.80. The maximum atomic E-state index is 13.9. The van der Waals surface area contributed by atoms with Gasteiger partial charge in [0.2, 0.25) is 0 Å². The summed E-state index contributed by atoms with van der Waals surface area (Å²) < 4.78 is 107. The van der Waals surface area contributed by atoms with Gasteiger partial charge in [0.05, 0.1) is 16.0 Å². The molecule has 192 valence electrons. The van der Waals surface area contributed by atoms with Crippen LogP contribution in [0, 0.1) is 5.82 Å². The number of sulfone groups is 1. The van der Waals surface area contributed by atoms with Gasteiger partial charge >= 0.3 is 6.18 Å². The number of carbonyl (C=O) groups excluding carboxylic acids is 1. The SMILES string of the molecule is CS(=O)(=O)c1ccc(OC(CF)CF)c(C(=O)N2CCN(c3ccc(C(F)(F)F)c(F)c3)CC2)c1. The van der Waals surface area contributed by atoms with Gasteiger partial charge in [-0.2, -0.15) is 13.2 Å². The molecule has 1 heterocycles. The van der Waals surface area contributed by atoms with E-state index in [1.807, 2.05) is 0 Å². The molecule has 0 bridgehead atoms. The van der Waals surface area contributed by atoms with Crippen molar-refractivity contribution in [1.82, 2.24) is 4.90 Å². The molecule has 35 heavy (non-hydrogen) atoms. The Labute approximate surface area is 198 Å². The van der Waals surface area contributed by atoms with Gasteiger partial charge in [0.25, 0.3) is 5.91 Å². The van der Waals surface area contributed by atoms with Crippen molar-refractivity contribution in [1.29, 1.82) is 0 Å². The van der Waals surface area contributed by atoms with E-state index >= 15 is 0 Å². The van der Waals surface area contributed by atoms with E-state index in [4.69, 9.17) is 4.74 Å². The first-order valence-electron chi connectivity index (χ1n) is 10.4. The quantitative estimate of drug-likeness (QED) is 0.515. The Hall–Kier alpha value is -2.96. The third-order valence-corrected chi connectivity index (χ3v) is 6.55. The second-order valence-corrected chi connectivity index (χ2v) is 9.94. The maximum absolute atomic E-state index is 13.9. The molecule has 0 unspecified atom stereocenters. The smallest absolute Gasteiger partial charge is 0.419 e. The van der Waals surface area contributed by atoms with E-state index in [0.29, 0.717) is 6.07 Å². The lowest BCUT2D eigenvalue weighted by molar-refractivity contribution is -0.139. The van der Waals surface area contributed by atoms with Crippen LogP contribution in [-0.4, -0.2) is 71.1 Å². The van der Waals surface area contributed by atoms with Gasteiger partial charge in [0.1, 0.15) is 24.9 Å². The van der Waals surface area contributed by atoms with Crippen LogP contribution in [0.4, 0.5) is 32.0 Å². The molecule has 2 aromatic carbocycles. The molecule has 6 nitrogen and oxygen atoms in total. The first-order chi connectivity index (χ1) is 16.3. The Morgan fingerprint density at radius 3 is 2.17 bits per heavy atom. The molecule has 0 spiro atoms. The minimum atomic E-state index is -4.82. The van der Waals surface area contributed by atoms with Crippen LogP contribution in [0.1, 0.15) is 15.9 Å². The average molecular weight is 524 g/mol. The first kappa shape index (κ1) is 26.6. The lowest BCUT2D eigenvalue weighted by Gasteiger charge is -2.36. The highest BCUT2D eigenvalue weighted by Gasteiger charge is 2.34. The third-order valence-electron chi connectivity index (χ3n) is 5.44. The third kappa shape index (κ3) is 6.19. The lowest BCUT2D eigenvalue weighted by Crippen LogP contribution is -2.49. The van der Waals surface area contributed by atoms with Crippen LogP contribution in [0.3, 0.4) is 0 Å². The summed E-state index contributed by atoms with van der Waals surface area (Å²) in [5.41, 5.74) is -1.37. The van der Waals surface area contributed by atoms with Gasteiger partial charge in [-0.05, 0) is 36.4 Å². The van der Waals surface area contributed by atoms with E-state index in [1.54, 1.807) is 4.90 Å². The zero-order chi connectivity index (χ0) is 26.0. The zero-order valence-electron chi connectivity index (χ0n) is 18.5. The number of alkyl halides is 5. The van der Waals surface area contributed by atoms with E-state index < -0.39 is 52.8 Å². The minimum Gasteiger partial charge on any atom is -0.484 e.